The van der Waals surface area contributed by atoms with E-state index in [2.05, 4.69) is 108 Å². The predicted molar refractivity (Wildman–Crippen MR) is 134 cm³/mol. The average Bonchev–Trinajstić information content (AvgIpc) is 3.38. The van der Waals surface area contributed by atoms with Gasteiger partial charge in [-0.05, 0) is 29.5 Å². The second-order valence-corrected chi connectivity index (χ2v) is 10.6. The lowest BCUT2D eigenvalue weighted by molar-refractivity contribution is 0.596. The van der Waals surface area contributed by atoms with Crippen molar-refractivity contribution in [3.63, 3.8) is 0 Å². The van der Waals surface area contributed by atoms with Crippen LogP contribution in [-0.4, -0.2) is 19.1 Å². The largest absolute Gasteiger partial charge is 0.326 e. The lowest BCUT2D eigenvalue weighted by Crippen LogP contribution is -2.46. The van der Waals surface area contributed by atoms with Gasteiger partial charge in [0.1, 0.15) is 0 Å². The summed E-state index contributed by atoms with van der Waals surface area (Å²) in [7, 11) is -0.790. The Balaban J connectivity index is 1.70. The molecule has 0 saturated carbocycles. The first-order valence-electron chi connectivity index (χ1n) is 11.5. The first-order chi connectivity index (χ1) is 15.3. The second-order valence-electron chi connectivity index (χ2n) is 8.37. The van der Waals surface area contributed by atoms with Crippen molar-refractivity contribution in [1.82, 2.24) is 9.55 Å². The van der Waals surface area contributed by atoms with E-state index in [1.807, 2.05) is 12.5 Å². The highest BCUT2D eigenvalue weighted by Crippen LogP contribution is 2.33. The highest BCUT2D eigenvalue weighted by molar-refractivity contribution is 6.57. The van der Waals surface area contributed by atoms with Gasteiger partial charge in [0, 0.05) is 12.4 Å². The van der Waals surface area contributed by atoms with Gasteiger partial charge in [-0.3, -0.25) is 0 Å². The molecular weight excluding hydrogens is 392 g/mol. The summed E-state index contributed by atoms with van der Waals surface area (Å²) in [5, 5.41) is 1.26. The summed E-state index contributed by atoms with van der Waals surface area (Å²) in [6.45, 7) is 2.27. The third-order valence-electron chi connectivity index (χ3n) is 6.25. The Hall–Kier alpha value is -2.91. The predicted octanol–water partition coefficient (Wildman–Crippen LogP) is 5.25. The highest BCUT2D eigenvalue weighted by atomic mass is 28.2. The van der Waals surface area contributed by atoms with Crippen LogP contribution in [0.5, 0.6) is 0 Å². The van der Waals surface area contributed by atoms with Crippen LogP contribution < -0.4 is 5.19 Å². The number of nitrogens with zero attached hydrogens (tertiary/aromatic N) is 2. The van der Waals surface area contributed by atoms with Crippen molar-refractivity contribution in [1.29, 1.82) is 0 Å². The maximum absolute atomic E-state index is 4.43. The minimum absolute atomic E-state index is 0.207. The molecule has 0 atom stereocenters. The summed E-state index contributed by atoms with van der Waals surface area (Å²) in [6.07, 6.45) is 12.4. The third-order valence-corrected chi connectivity index (χ3v) is 8.82. The third kappa shape index (κ3) is 4.88. The molecule has 4 rings (SSSR count). The number of benzene rings is 3. The molecule has 0 fully saturated rings. The summed E-state index contributed by atoms with van der Waals surface area (Å²) in [5.74, 6) is 0. The van der Waals surface area contributed by atoms with Gasteiger partial charge in [-0.25, -0.2) is 4.98 Å². The maximum Gasteiger partial charge on any atom is 0.0965 e. The fourth-order valence-electron chi connectivity index (χ4n) is 4.55. The van der Waals surface area contributed by atoms with E-state index in [0.717, 1.165) is 0 Å². The fraction of sp³-hybridized carbons (Fsp3) is 0.250. The zero-order valence-corrected chi connectivity index (χ0v) is 19.9. The Morgan fingerprint density at radius 3 is 1.97 bits per heavy atom. The summed E-state index contributed by atoms with van der Waals surface area (Å²) in [4.78, 5) is 4.43. The number of hydrogen-bond donors (Lipinski definition) is 0. The molecule has 3 aromatic carbocycles. The lowest BCUT2D eigenvalue weighted by Gasteiger charge is -2.37. The van der Waals surface area contributed by atoms with Gasteiger partial charge in [0.05, 0.1) is 21.0 Å². The van der Waals surface area contributed by atoms with Gasteiger partial charge in [0.25, 0.3) is 0 Å². The zero-order valence-electron chi connectivity index (χ0n) is 18.5. The number of imidazole rings is 1. The zero-order chi connectivity index (χ0) is 21.4. The summed E-state index contributed by atoms with van der Waals surface area (Å²) in [5.41, 5.74) is 4.12. The van der Waals surface area contributed by atoms with Crippen molar-refractivity contribution in [2.75, 3.05) is 0 Å². The van der Waals surface area contributed by atoms with Crippen LogP contribution in [0.2, 0.25) is 0 Å². The van der Waals surface area contributed by atoms with Gasteiger partial charge in [0.15, 0.2) is 0 Å². The van der Waals surface area contributed by atoms with E-state index < -0.39 is 9.52 Å². The van der Waals surface area contributed by atoms with Crippen LogP contribution >= 0.6 is 0 Å². The van der Waals surface area contributed by atoms with E-state index in [0.29, 0.717) is 0 Å². The van der Waals surface area contributed by atoms with E-state index in [-0.39, 0.29) is 5.16 Å². The molecule has 1 heterocycles. The SMILES string of the molecule is CCCCCCc1ccc([SiH2]C(c2ccccc2)(c2ccccc2)n2ccnc2)cc1. The van der Waals surface area contributed by atoms with Crippen LogP contribution in [0.4, 0.5) is 0 Å². The Morgan fingerprint density at radius 2 is 1.42 bits per heavy atom. The van der Waals surface area contributed by atoms with Crippen molar-refractivity contribution >= 4 is 14.7 Å². The van der Waals surface area contributed by atoms with E-state index in [1.165, 1.54) is 54.0 Å². The van der Waals surface area contributed by atoms with Crippen molar-refractivity contribution in [2.45, 2.75) is 44.2 Å². The van der Waals surface area contributed by atoms with Crippen LogP contribution in [0.1, 0.15) is 49.3 Å². The number of unbranched alkanes of at least 4 members (excludes halogenated alkanes) is 3. The van der Waals surface area contributed by atoms with Crippen LogP contribution in [0, 0.1) is 0 Å². The molecule has 2 nitrogen and oxygen atoms in total. The molecule has 0 radical (unpaired) electrons. The normalized spacial score (nSPS) is 11.9. The summed E-state index contributed by atoms with van der Waals surface area (Å²) >= 11 is 0. The molecule has 158 valence electrons. The van der Waals surface area contributed by atoms with Gasteiger partial charge in [-0.2, -0.15) is 0 Å². The van der Waals surface area contributed by atoms with Gasteiger partial charge in [0.2, 0.25) is 0 Å². The van der Waals surface area contributed by atoms with E-state index >= 15 is 0 Å². The Kier molecular flexibility index (Phi) is 7.16. The average molecular weight is 425 g/mol. The van der Waals surface area contributed by atoms with Crippen molar-refractivity contribution in [2.24, 2.45) is 0 Å². The van der Waals surface area contributed by atoms with E-state index in [1.54, 1.807) is 0 Å². The topological polar surface area (TPSA) is 17.8 Å². The Morgan fingerprint density at radius 1 is 0.774 bits per heavy atom. The molecule has 0 amide bonds. The smallest absolute Gasteiger partial charge is 0.0965 e. The van der Waals surface area contributed by atoms with Crippen LogP contribution in [0.25, 0.3) is 0 Å². The first-order valence-corrected chi connectivity index (χ1v) is 12.9. The number of hydrogen-bond acceptors (Lipinski definition) is 1. The Labute approximate surface area is 188 Å². The standard InChI is InChI=1S/C28H32N2Si/c1-2-3-4-7-12-24-17-19-27(20-18-24)31-28(30-22-21-29-23-30,25-13-8-5-9-14-25)26-15-10-6-11-16-26/h5-6,8-11,13-23H,2-4,7,12,31H2,1H3. The van der Waals surface area contributed by atoms with Crippen molar-refractivity contribution in [3.05, 3.63) is 120 Å². The molecule has 0 aliphatic rings. The lowest BCUT2D eigenvalue weighted by atomic mass is 9.97. The second kappa shape index (κ2) is 10.4. The van der Waals surface area contributed by atoms with Crippen LogP contribution in [0.3, 0.4) is 0 Å². The highest BCUT2D eigenvalue weighted by Gasteiger charge is 2.36. The molecule has 0 unspecified atom stereocenters. The monoisotopic (exact) mass is 424 g/mol. The van der Waals surface area contributed by atoms with Gasteiger partial charge >= 0.3 is 0 Å². The first kappa shape index (κ1) is 21.3. The van der Waals surface area contributed by atoms with Gasteiger partial charge < -0.3 is 4.57 Å². The maximum atomic E-state index is 4.43. The molecule has 0 aliphatic carbocycles. The molecule has 31 heavy (non-hydrogen) atoms. The number of rotatable bonds is 10. The molecule has 4 aromatic rings. The molecule has 0 spiro atoms. The molecule has 0 aliphatic heterocycles. The Bertz CT molecular complexity index is 986. The number of aryl methyl sites for hydroxylation is 1. The van der Waals surface area contributed by atoms with Gasteiger partial charge in [-0.1, -0.05) is 116 Å². The van der Waals surface area contributed by atoms with E-state index in [9.17, 15) is 0 Å². The van der Waals surface area contributed by atoms with Gasteiger partial charge in [-0.15, -0.1) is 0 Å². The molecule has 1 aromatic heterocycles. The minimum atomic E-state index is -0.790. The van der Waals surface area contributed by atoms with Crippen LogP contribution in [-0.2, 0) is 11.6 Å². The molecule has 3 heteroatoms. The molecule has 0 N–H and O–H groups in total. The van der Waals surface area contributed by atoms with Crippen molar-refractivity contribution in [3.8, 4) is 0 Å². The quantitative estimate of drug-likeness (QED) is 0.251. The molecular formula is C28H32N2Si. The fourth-order valence-corrected chi connectivity index (χ4v) is 6.86. The van der Waals surface area contributed by atoms with Crippen molar-refractivity contribution < 1.29 is 0 Å². The van der Waals surface area contributed by atoms with E-state index in [4.69, 9.17) is 0 Å². The minimum Gasteiger partial charge on any atom is -0.326 e. The number of aromatic nitrogens is 2. The molecule has 0 saturated heterocycles. The van der Waals surface area contributed by atoms with Crippen LogP contribution in [0.15, 0.2) is 104 Å². The molecule has 0 bridgehead atoms. The summed E-state index contributed by atoms with van der Waals surface area (Å²) < 4.78 is 2.32. The summed E-state index contributed by atoms with van der Waals surface area (Å²) in [6, 6.07) is 31.3.